The molecule has 0 aliphatic carbocycles. The number of fused-ring (bicyclic) bond motifs is 1. The van der Waals surface area contributed by atoms with Crippen LogP contribution in [0.4, 0.5) is 8.78 Å². The van der Waals surface area contributed by atoms with Gasteiger partial charge in [-0.15, -0.1) is 0 Å². The Hall–Kier alpha value is -3.02. The second-order valence-electron chi connectivity index (χ2n) is 6.02. The zero-order valence-electron chi connectivity index (χ0n) is 13.6. The van der Waals surface area contributed by atoms with Crippen molar-refractivity contribution in [1.82, 2.24) is 4.57 Å². The van der Waals surface area contributed by atoms with Gasteiger partial charge in [-0.25, -0.2) is 13.6 Å². The maximum atomic E-state index is 13.7. The fraction of sp³-hybridized carbons (Fsp3) is 0.158. The first kappa shape index (κ1) is 16.8. The van der Waals surface area contributed by atoms with E-state index in [0.29, 0.717) is 0 Å². The Balaban J connectivity index is 2.31. The molecular formula is C19H15F2NO3. The number of carboxylic acid groups (broad SMARTS) is 1. The van der Waals surface area contributed by atoms with Crippen LogP contribution in [0, 0.1) is 25.5 Å². The molecule has 0 fully saturated rings. The molecular weight excluding hydrogens is 328 g/mol. The lowest BCUT2D eigenvalue weighted by Crippen LogP contribution is -2.20. The summed E-state index contributed by atoms with van der Waals surface area (Å²) in [6.07, 6.45) is 1.17. The van der Waals surface area contributed by atoms with Crippen molar-refractivity contribution in [2.75, 3.05) is 0 Å². The van der Waals surface area contributed by atoms with E-state index in [1.165, 1.54) is 10.8 Å². The summed E-state index contributed by atoms with van der Waals surface area (Å²) >= 11 is 0. The lowest BCUT2D eigenvalue weighted by molar-refractivity contribution is 0.0695. The number of hydrogen-bond donors (Lipinski definition) is 1. The first-order valence-corrected chi connectivity index (χ1v) is 7.59. The number of rotatable bonds is 3. The van der Waals surface area contributed by atoms with Gasteiger partial charge in [0.1, 0.15) is 5.56 Å². The number of aromatic nitrogens is 1. The second kappa shape index (κ2) is 6.12. The average Bonchev–Trinajstić information content (AvgIpc) is 2.55. The summed E-state index contributed by atoms with van der Waals surface area (Å²) in [7, 11) is 0. The Morgan fingerprint density at radius 3 is 2.48 bits per heavy atom. The summed E-state index contributed by atoms with van der Waals surface area (Å²) < 4.78 is 28.7. The number of hydrogen-bond acceptors (Lipinski definition) is 2. The van der Waals surface area contributed by atoms with Crippen molar-refractivity contribution in [3.8, 4) is 0 Å². The fourth-order valence-corrected chi connectivity index (χ4v) is 2.82. The van der Waals surface area contributed by atoms with E-state index in [-0.39, 0.29) is 17.4 Å². The molecule has 128 valence electrons. The number of benzene rings is 2. The largest absolute Gasteiger partial charge is 0.477 e. The maximum absolute atomic E-state index is 13.7. The van der Waals surface area contributed by atoms with Crippen LogP contribution < -0.4 is 5.43 Å². The van der Waals surface area contributed by atoms with Crippen molar-refractivity contribution < 1.29 is 18.7 Å². The average molecular weight is 343 g/mol. The van der Waals surface area contributed by atoms with Gasteiger partial charge in [0.15, 0.2) is 11.6 Å². The molecule has 0 unspecified atom stereocenters. The van der Waals surface area contributed by atoms with E-state index in [1.54, 1.807) is 0 Å². The highest BCUT2D eigenvalue weighted by Crippen LogP contribution is 2.20. The summed E-state index contributed by atoms with van der Waals surface area (Å²) in [6.45, 7) is 4.05. The van der Waals surface area contributed by atoms with Gasteiger partial charge in [-0.05, 0) is 31.0 Å². The van der Waals surface area contributed by atoms with Crippen LogP contribution in [0.3, 0.4) is 0 Å². The van der Waals surface area contributed by atoms with E-state index in [4.69, 9.17) is 0 Å². The predicted molar refractivity (Wildman–Crippen MR) is 90.1 cm³/mol. The first-order chi connectivity index (χ1) is 11.8. The summed E-state index contributed by atoms with van der Waals surface area (Å²) in [5, 5.41) is 9.09. The number of carboxylic acids is 1. The monoisotopic (exact) mass is 343 g/mol. The Labute approximate surface area is 142 Å². The van der Waals surface area contributed by atoms with Crippen molar-refractivity contribution in [2.24, 2.45) is 0 Å². The minimum Gasteiger partial charge on any atom is -0.477 e. The van der Waals surface area contributed by atoms with Crippen LogP contribution in [-0.2, 0) is 6.54 Å². The van der Waals surface area contributed by atoms with Crippen LogP contribution in [0.2, 0.25) is 0 Å². The Kier molecular flexibility index (Phi) is 4.12. The van der Waals surface area contributed by atoms with Gasteiger partial charge in [0, 0.05) is 24.2 Å². The molecule has 0 bridgehead atoms. The predicted octanol–water partition coefficient (Wildman–Crippen LogP) is 3.64. The minimum absolute atomic E-state index is 0.148. The number of nitrogens with zero attached hydrogens (tertiary/aromatic N) is 1. The smallest absolute Gasteiger partial charge is 0.341 e. The highest BCUT2D eigenvalue weighted by molar-refractivity contribution is 5.92. The molecule has 1 heterocycles. The molecule has 25 heavy (non-hydrogen) atoms. The molecule has 3 aromatic rings. The van der Waals surface area contributed by atoms with Crippen LogP contribution in [0.15, 0.2) is 41.3 Å². The number of aromatic carboxylic acids is 1. The zero-order valence-corrected chi connectivity index (χ0v) is 13.6. The summed E-state index contributed by atoms with van der Waals surface area (Å²) in [5.41, 5.74) is 1.71. The van der Waals surface area contributed by atoms with Gasteiger partial charge in [-0.3, -0.25) is 4.79 Å². The SMILES string of the molecule is Cc1ccc(C)c(Cn2cc(C(=O)O)c(=O)c3cc(F)c(F)cc32)c1. The molecule has 1 aromatic heterocycles. The van der Waals surface area contributed by atoms with Crippen molar-refractivity contribution >= 4 is 16.9 Å². The standard InChI is InChI=1S/C19H15F2NO3/c1-10-3-4-11(2)12(5-10)8-22-9-14(19(24)25)18(23)13-6-15(20)16(21)7-17(13)22/h3-7,9H,8H2,1-2H3,(H,24,25). The zero-order chi connectivity index (χ0) is 18.3. The van der Waals surface area contributed by atoms with Crippen molar-refractivity contribution in [3.05, 3.63) is 80.6 Å². The Morgan fingerprint density at radius 2 is 1.80 bits per heavy atom. The van der Waals surface area contributed by atoms with Crippen molar-refractivity contribution in [1.29, 1.82) is 0 Å². The van der Waals surface area contributed by atoms with Gasteiger partial charge < -0.3 is 9.67 Å². The molecule has 0 saturated heterocycles. The third-order valence-corrected chi connectivity index (χ3v) is 4.20. The molecule has 0 spiro atoms. The van der Waals surface area contributed by atoms with E-state index in [9.17, 15) is 23.5 Å². The van der Waals surface area contributed by atoms with Crippen LogP contribution >= 0.6 is 0 Å². The van der Waals surface area contributed by atoms with Crippen LogP contribution in [0.5, 0.6) is 0 Å². The number of halogens is 2. The van der Waals surface area contributed by atoms with E-state index in [1.807, 2.05) is 32.0 Å². The quantitative estimate of drug-likeness (QED) is 0.790. The normalized spacial score (nSPS) is 11.0. The van der Waals surface area contributed by atoms with E-state index < -0.39 is 28.6 Å². The first-order valence-electron chi connectivity index (χ1n) is 7.59. The molecule has 1 N–H and O–H groups in total. The number of aryl methyl sites for hydroxylation is 2. The third kappa shape index (κ3) is 3.03. The summed E-state index contributed by atoms with van der Waals surface area (Å²) in [5.74, 6) is -3.69. The summed E-state index contributed by atoms with van der Waals surface area (Å²) in [4.78, 5) is 23.6. The second-order valence-corrected chi connectivity index (χ2v) is 6.02. The maximum Gasteiger partial charge on any atom is 0.341 e. The van der Waals surface area contributed by atoms with E-state index >= 15 is 0 Å². The Bertz CT molecular complexity index is 1070. The molecule has 0 amide bonds. The molecule has 6 heteroatoms. The van der Waals surface area contributed by atoms with Gasteiger partial charge in [0.25, 0.3) is 0 Å². The van der Waals surface area contributed by atoms with Crippen LogP contribution in [-0.4, -0.2) is 15.6 Å². The van der Waals surface area contributed by atoms with E-state index in [0.717, 1.165) is 28.8 Å². The van der Waals surface area contributed by atoms with Crippen LogP contribution in [0.1, 0.15) is 27.0 Å². The number of carbonyl (C=O) groups is 1. The fourth-order valence-electron chi connectivity index (χ4n) is 2.82. The van der Waals surface area contributed by atoms with E-state index in [2.05, 4.69) is 0 Å². The molecule has 0 atom stereocenters. The summed E-state index contributed by atoms with van der Waals surface area (Å²) in [6, 6.07) is 7.47. The van der Waals surface area contributed by atoms with Crippen molar-refractivity contribution in [2.45, 2.75) is 20.4 Å². The molecule has 0 aliphatic heterocycles. The van der Waals surface area contributed by atoms with Gasteiger partial charge in [0.2, 0.25) is 5.43 Å². The molecule has 0 aliphatic rings. The Morgan fingerprint density at radius 1 is 1.12 bits per heavy atom. The molecule has 4 nitrogen and oxygen atoms in total. The van der Waals surface area contributed by atoms with Gasteiger partial charge in [0.05, 0.1) is 5.52 Å². The van der Waals surface area contributed by atoms with Crippen molar-refractivity contribution in [3.63, 3.8) is 0 Å². The molecule has 2 aromatic carbocycles. The lowest BCUT2D eigenvalue weighted by Gasteiger charge is -2.15. The molecule has 3 rings (SSSR count). The van der Waals surface area contributed by atoms with Gasteiger partial charge in [-0.2, -0.15) is 0 Å². The van der Waals surface area contributed by atoms with Gasteiger partial charge in [-0.1, -0.05) is 23.8 Å². The van der Waals surface area contributed by atoms with Crippen LogP contribution in [0.25, 0.3) is 10.9 Å². The third-order valence-electron chi connectivity index (χ3n) is 4.20. The molecule has 0 radical (unpaired) electrons. The lowest BCUT2D eigenvalue weighted by atomic mass is 10.0. The minimum atomic E-state index is -1.41. The highest BCUT2D eigenvalue weighted by Gasteiger charge is 2.17. The molecule has 0 saturated carbocycles. The number of pyridine rings is 1. The van der Waals surface area contributed by atoms with Gasteiger partial charge >= 0.3 is 5.97 Å². The topological polar surface area (TPSA) is 59.3 Å². The highest BCUT2D eigenvalue weighted by atomic mass is 19.2.